The number of rotatable bonds is 5. The summed E-state index contributed by atoms with van der Waals surface area (Å²) in [5.41, 5.74) is 9.63. The largest absolute Gasteiger partial charge is 0.386 e. The number of hydrogen-bond acceptors (Lipinski definition) is 5. The van der Waals surface area contributed by atoms with E-state index in [1.165, 1.54) is 5.56 Å². The van der Waals surface area contributed by atoms with E-state index in [4.69, 9.17) is 15.1 Å². The highest BCUT2D eigenvalue weighted by Crippen LogP contribution is 2.20. The van der Waals surface area contributed by atoms with Crippen molar-refractivity contribution in [3.63, 3.8) is 0 Å². The summed E-state index contributed by atoms with van der Waals surface area (Å²) in [5.74, 6) is 0.942. The molecule has 0 saturated carbocycles. The lowest BCUT2D eigenvalue weighted by Crippen LogP contribution is -2.12. The molecule has 0 radical (unpaired) electrons. The fourth-order valence-electron chi connectivity index (χ4n) is 1.87. The van der Waals surface area contributed by atoms with Crippen molar-refractivity contribution in [1.29, 1.82) is 0 Å². The molecule has 2 N–H and O–H groups in total. The van der Waals surface area contributed by atoms with Crippen molar-refractivity contribution in [1.82, 2.24) is 5.16 Å². The van der Waals surface area contributed by atoms with Gasteiger partial charge >= 0.3 is 0 Å². The Morgan fingerprint density at radius 2 is 2.14 bits per heavy atom. The predicted molar refractivity (Wildman–Crippen MR) is 86.5 cm³/mol. The van der Waals surface area contributed by atoms with Crippen molar-refractivity contribution in [2.45, 2.75) is 13.5 Å². The van der Waals surface area contributed by atoms with Gasteiger partial charge in [-0.3, -0.25) is 0 Å². The second kappa shape index (κ2) is 6.44. The predicted octanol–water partition coefficient (Wildman–Crippen LogP) is 3.55. The van der Waals surface area contributed by atoms with Crippen LogP contribution in [0.5, 0.6) is 0 Å². The van der Waals surface area contributed by atoms with E-state index in [-0.39, 0.29) is 6.61 Å². The Bertz CT molecular complexity index is 761. The maximum atomic E-state index is 5.80. The first-order valence-corrected chi connectivity index (χ1v) is 7.67. The fourth-order valence-corrected chi connectivity index (χ4v) is 2.52. The standard InChI is InChI=1S/C16H15N3O2S/c1-11-2-4-12(5-3-11)15-8-14(21-18-15)9-20-19-16(17)13-6-7-22-10-13/h2-8,10H,9H2,1H3,(H2,17,19). The minimum atomic E-state index is 0.184. The van der Waals surface area contributed by atoms with Crippen LogP contribution in [0.3, 0.4) is 0 Å². The highest BCUT2D eigenvalue weighted by molar-refractivity contribution is 7.08. The monoisotopic (exact) mass is 313 g/mol. The SMILES string of the molecule is Cc1ccc(-c2cc(CO/N=C(/N)c3ccsc3)on2)cc1. The maximum absolute atomic E-state index is 5.80. The average Bonchev–Trinajstić information content (AvgIpc) is 3.19. The summed E-state index contributed by atoms with van der Waals surface area (Å²) in [7, 11) is 0. The molecule has 0 unspecified atom stereocenters. The van der Waals surface area contributed by atoms with E-state index in [9.17, 15) is 0 Å². The Kier molecular flexibility index (Phi) is 4.20. The van der Waals surface area contributed by atoms with Gasteiger partial charge in [-0.05, 0) is 18.4 Å². The van der Waals surface area contributed by atoms with Gasteiger partial charge < -0.3 is 15.1 Å². The van der Waals surface area contributed by atoms with E-state index in [0.717, 1.165) is 16.8 Å². The minimum absolute atomic E-state index is 0.184. The first-order chi connectivity index (χ1) is 10.7. The molecule has 0 bridgehead atoms. The van der Waals surface area contributed by atoms with E-state index in [1.54, 1.807) is 11.3 Å². The molecule has 0 aliphatic heterocycles. The molecule has 0 aliphatic rings. The summed E-state index contributed by atoms with van der Waals surface area (Å²) in [6, 6.07) is 11.8. The summed E-state index contributed by atoms with van der Waals surface area (Å²) in [6.45, 7) is 2.23. The van der Waals surface area contributed by atoms with Crippen LogP contribution in [0.15, 0.2) is 56.8 Å². The van der Waals surface area contributed by atoms with E-state index < -0.39 is 0 Å². The number of aryl methyl sites for hydroxylation is 1. The lowest BCUT2D eigenvalue weighted by atomic mass is 10.1. The fraction of sp³-hybridized carbons (Fsp3) is 0.125. The number of nitrogens with two attached hydrogens (primary N) is 1. The third kappa shape index (κ3) is 3.35. The zero-order valence-electron chi connectivity index (χ0n) is 12.0. The van der Waals surface area contributed by atoms with Gasteiger partial charge in [-0.1, -0.05) is 40.1 Å². The minimum Gasteiger partial charge on any atom is -0.386 e. The number of hydrogen-bond donors (Lipinski definition) is 1. The van der Waals surface area contributed by atoms with E-state index in [2.05, 4.69) is 10.3 Å². The van der Waals surface area contributed by atoms with Crippen LogP contribution < -0.4 is 5.73 Å². The van der Waals surface area contributed by atoms with Crippen molar-refractivity contribution < 1.29 is 9.36 Å². The third-order valence-electron chi connectivity index (χ3n) is 3.09. The molecule has 2 heterocycles. The van der Waals surface area contributed by atoms with E-state index in [1.807, 2.05) is 54.1 Å². The molecule has 22 heavy (non-hydrogen) atoms. The summed E-state index contributed by atoms with van der Waals surface area (Å²) in [6.07, 6.45) is 0. The van der Waals surface area contributed by atoms with Crippen molar-refractivity contribution in [2.75, 3.05) is 0 Å². The topological polar surface area (TPSA) is 73.6 Å². The second-order valence-corrected chi connectivity index (χ2v) is 5.59. The molecule has 2 aromatic heterocycles. The molecular formula is C16H15N3O2S. The number of thiophene rings is 1. The average molecular weight is 313 g/mol. The summed E-state index contributed by atoms with van der Waals surface area (Å²) >= 11 is 1.55. The Hall–Kier alpha value is -2.60. The molecule has 3 rings (SSSR count). The quantitative estimate of drug-likeness (QED) is 0.444. The van der Waals surface area contributed by atoms with Crippen LogP contribution >= 0.6 is 11.3 Å². The molecule has 112 valence electrons. The number of nitrogens with zero attached hydrogens (tertiary/aromatic N) is 2. The molecule has 0 atom stereocenters. The Labute approximate surface area is 132 Å². The zero-order chi connectivity index (χ0) is 15.4. The number of benzene rings is 1. The molecule has 3 aromatic rings. The van der Waals surface area contributed by atoms with E-state index >= 15 is 0 Å². The molecule has 1 aromatic carbocycles. The van der Waals surface area contributed by atoms with Gasteiger partial charge in [-0.15, -0.1) is 0 Å². The van der Waals surface area contributed by atoms with E-state index in [0.29, 0.717) is 11.6 Å². The van der Waals surface area contributed by atoms with Crippen LogP contribution in [0.25, 0.3) is 11.3 Å². The lowest BCUT2D eigenvalue weighted by molar-refractivity contribution is 0.109. The molecule has 0 saturated heterocycles. The van der Waals surface area contributed by atoms with Gasteiger partial charge in [-0.2, -0.15) is 11.3 Å². The maximum Gasteiger partial charge on any atom is 0.177 e. The van der Waals surface area contributed by atoms with Crippen molar-refractivity contribution in [3.05, 3.63) is 64.0 Å². The Morgan fingerprint density at radius 3 is 2.86 bits per heavy atom. The number of oxime groups is 1. The highest BCUT2D eigenvalue weighted by Gasteiger charge is 2.07. The van der Waals surface area contributed by atoms with Crippen LogP contribution in [0.1, 0.15) is 16.9 Å². The van der Waals surface area contributed by atoms with Crippen LogP contribution in [0.2, 0.25) is 0 Å². The first-order valence-electron chi connectivity index (χ1n) is 6.73. The zero-order valence-corrected chi connectivity index (χ0v) is 12.8. The summed E-state index contributed by atoms with van der Waals surface area (Å²) < 4.78 is 5.24. The first kappa shape index (κ1) is 14.3. The Balaban J connectivity index is 1.62. The van der Waals surface area contributed by atoms with Gasteiger partial charge in [-0.25, -0.2) is 0 Å². The molecule has 0 spiro atoms. The Morgan fingerprint density at radius 1 is 1.32 bits per heavy atom. The summed E-state index contributed by atoms with van der Waals surface area (Å²) in [4.78, 5) is 5.21. The van der Waals surface area contributed by atoms with Crippen LogP contribution in [-0.4, -0.2) is 11.0 Å². The van der Waals surface area contributed by atoms with Gasteiger partial charge in [0.05, 0.1) is 0 Å². The third-order valence-corrected chi connectivity index (χ3v) is 3.78. The normalized spacial score (nSPS) is 11.6. The van der Waals surface area contributed by atoms with Gasteiger partial charge in [0, 0.05) is 22.6 Å². The molecule has 6 heteroatoms. The van der Waals surface area contributed by atoms with Crippen molar-refractivity contribution in [2.24, 2.45) is 10.9 Å². The highest BCUT2D eigenvalue weighted by atomic mass is 32.1. The lowest BCUT2D eigenvalue weighted by Gasteiger charge is -1.97. The number of aromatic nitrogens is 1. The van der Waals surface area contributed by atoms with Gasteiger partial charge in [0.1, 0.15) is 5.69 Å². The van der Waals surface area contributed by atoms with Gasteiger partial charge in [0.15, 0.2) is 18.2 Å². The summed E-state index contributed by atoms with van der Waals surface area (Å²) in [5, 5.41) is 11.7. The molecule has 0 fully saturated rings. The molecule has 5 nitrogen and oxygen atoms in total. The van der Waals surface area contributed by atoms with Gasteiger partial charge in [0.2, 0.25) is 0 Å². The molecular weight excluding hydrogens is 298 g/mol. The van der Waals surface area contributed by atoms with Crippen LogP contribution in [-0.2, 0) is 11.4 Å². The smallest absolute Gasteiger partial charge is 0.177 e. The van der Waals surface area contributed by atoms with Crippen LogP contribution in [0, 0.1) is 6.92 Å². The van der Waals surface area contributed by atoms with Crippen LogP contribution in [0.4, 0.5) is 0 Å². The second-order valence-electron chi connectivity index (χ2n) is 4.81. The van der Waals surface area contributed by atoms with Crippen molar-refractivity contribution in [3.8, 4) is 11.3 Å². The van der Waals surface area contributed by atoms with Gasteiger partial charge in [0.25, 0.3) is 0 Å². The number of amidine groups is 1. The molecule has 0 amide bonds. The molecule has 0 aliphatic carbocycles. The van der Waals surface area contributed by atoms with Crippen molar-refractivity contribution >= 4 is 17.2 Å².